The maximum absolute atomic E-state index is 6.01. The maximum Gasteiger partial charge on any atom is 0.153 e. The molecule has 0 unspecified atom stereocenters. The van der Waals surface area contributed by atoms with Gasteiger partial charge in [-0.2, -0.15) is 0 Å². The van der Waals surface area contributed by atoms with E-state index >= 15 is 0 Å². The van der Waals surface area contributed by atoms with Crippen LogP contribution < -0.4 is 10.5 Å². The van der Waals surface area contributed by atoms with Gasteiger partial charge in [-0.1, -0.05) is 23.7 Å². The van der Waals surface area contributed by atoms with Gasteiger partial charge in [0.05, 0.1) is 5.69 Å². The Bertz CT molecular complexity index is 550. The highest BCUT2D eigenvalue weighted by Crippen LogP contribution is 2.35. The minimum atomic E-state index is 0.642. The number of anilines is 1. The Hall–Kier alpha value is -1.67. The van der Waals surface area contributed by atoms with Crippen molar-refractivity contribution in [2.45, 2.75) is 20.8 Å². The molecule has 94 valence electrons. The first-order chi connectivity index (χ1) is 8.49. The number of nitrogen functional groups attached to an aromatic ring is 1. The topological polar surface area (TPSA) is 35.2 Å². The summed E-state index contributed by atoms with van der Waals surface area (Å²) >= 11 is 6.01. The average molecular weight is 262 g/mol. The lowest BCUT2D eigenvalue weighted by molar-refractivity contribution is 0.474. The fraction of sp³-hybridized carbons (Fsp3) is 0.200. The van der Waals surface area contributed by atoms with Crippen molar-refractivity contribution in [3.63, 3.8) is 0 Å². The monoisotopic (exact) mass is 261 g/mol. The lowest BCUT2D eigenvalue weighted by atomic mass is 10.1. The Kier molecular flexibility index (Phi) is 3.48. The lowest BCUT2D eigenvalue weighted by Crippen LogP contribution is -1.97. The summed E-state index contributed by atoms with van der Waals surface area (Å²) in [7, 11) is 0. The van der Waals surface area contributed by atoms with Crippen molar-refractivity contribution in [2.24, 2.45) is 0 Å². The van der Waals surface area contributed by atoms with Gasteiger partial charge in [0, 0.05) is 5.02 Å². The van der Waals surface area contributed by atoms with E-state index in [4.69, 9.17) is 22.1 Å². The summed E-state index contributed by atoms with van der Waals surface area (Å²) in [6.45, 7) is 5.93. The van der Waals surface area contributed by atoms with Crippen LogP contribution in [0.15, 0.2) is 30.3 Å². The normalized spacial score (nSPS) is 10.4. The molecule has 3 heteroatoms. The summed E-state index contributed by atoms with van der Waals surface area (Å²) in [5, 5.41) is 0.718. The van der Waals surface area contributed by atoms with Crippen LogP contribution in [0.5, 0.6) is 11.5 Å². The second kappa shape index (κ2) is 4.91. The molecule has 0 atom stereocenters. The Morgan fingerprint density at radius 2 is 1.56 bits per heavy atom. The molecule has 0 aliphatic carbocycles. The second-order valence-electron chi connectivity index (χ2n) is 4.46. The Balaban J connectivity index is 2.47. The van der Waals surface area contributed by atoms with Crippen molar-refractivity contribution in [1.29, 1.82) is 0 Å². The van der Waals surface area contributed by atoms with Gasteiger partial charge in [-0.3, -0.25) is 0 Å². The van der Waals surface area contributed by atoms with Crippen LogP contribution in [-0.4, -0.2) is 0 Å². The molecule has 2 aromatic rings. The molecule has 0 aliphatic heterocycles. The Labute approximate surface area is 112 Å². The maximum atomic E-state index is 6.01. The standard InChI is InChI=1S/C15H16ClNO/c1-9-5-4-6-13(17)15(9)18-14-10(2)7-12(16)8-11(14)3/h4-8H,17H2,1-3H3. The van der Waals surface area contributed by atoms with Crippen LogP contribution in [-0.2, 0) is 0 Å². The van der Waals surface area contributed by atoms with E-state index in [1.54, 1.807) is 0 Å². The van der Waals surface area contributed by atoms with Gasteiger partial charge in [0.15, 0.2) is 5.75 Å². The summed E-state index contributed by atoms with van der Waals surface area (Å²) in [6.07, 6.45) is 0. The zero-order valence-electron chi connectivity index (χ0n) is 10.8. The number of rotatable bonds is 2. The van der Waals surface area contributed by atoms with Gasteiger partial charge >= 0.3 is 0 Å². The first-order valence-corrected chi connectivity index (χ1v) is 6.16. The van der Waals surface area contributed by atoms with Gasteiger partial charge in [-0.15, -0.1) is 0 Å². The Morgan fingerprint density at radius 1 is 0.944 bits per heavy atom. The third kappa shape index (κ3) is 2.44. The van der Waals surface area contributed by atoms with Crippen molar-refractivity contribution in [3.05, 3.63) is 52.0 Å². The number of hydrogen-bond donors (Lipinski definition) is 1. The Morgan fingerprint density at radius 3 is 2.11 bits per heavy atom. The van der Waals surface area contributed by atoms with Crippen LogP contribution >= 0.6 is 11.6 Å². The number of ether oxygens (including phenoxy) is 1. The van der Waals surface area contributed by atoms with Crippen LogP contribution in [0.1, 0.15) is 16.7 Å². The van der Waals surface area contributed by atoms with Crippen molar-refractivity contribution in [1.82, 2.24) is 0 Å². The summed E-state index contributed by atoms with van der Waals surface area (Å²) in [5.74, 6) is 1.53. The summed E-state index contributed by atoms with van der Waals surface area (Å²) in [5.41, 5.74) is 9.61. The van der Waals surface area contributed by atoms with E-state index in [1.165, 1.54) is 0 Å². The molecule has 2 nitrogen and oxygen atoms in total. The molecule has 0 aromatic heterocycles. The van der Waals surface area contributed by atoms with Gasteiger partial charge in [0.2, 0.25) is 0 Å². The van der Waals surface area contributed by atoms with Gasteiger partial charge in [-0.25, -0.2) is 0 Å². The van der Waals surface area contributed by atoms with E-state index in [1.807, 2.05) is 51.1 Å². The quantitative estimate of drug-likeness (QED) is 0.800. The number of aryl methyl sites for hydroxylation is 3. The zero-order valence-corrected chi connectivity index (χ0v) is 11.5. The van der Waals surface area contributed by atoms with Gasteiger partial charge < -0.3 is 10.5 Å². The van der Waals surface area contributed by atoms with Crippen LogP contribution in [0.3, 0.4) is 0 Å². The second-order valence-corrected chi connectivity index (χ2v) is 4.90. The van der Waals surface area contributed by atoms with E-state index < -0.39 is 0 Å². The first-order valence-electron chi connectivity index (χ1n) is 5.78. The molecule has 0 aliphatic rings. The fourth-order valence-electron chi connectivity index (χ4n) is 1.98. The fourth-order valence-corrected chi connectivity index (χ4v) is 2.30. The summed E-state index contributed by atoms with van der Waals surface area (Å²) < 4.78 is 5.97. The van der Waals surface area contributed by atoms with Crippen LogP contribution in [0.4, 0.5) is 5.69 Å². The van der Waals surface area contributed by atoms with E-state index in [0.29, 0.717) is 11.4 Å². The molecule has 0 amide bonds. The van der Waals surface area contributed by atoms with Gasteiger partial charge in [0.25, 0.3) is 0 Å². The number of hydrogen-bond acceptors (Lipinski definition) is 2. The van der Waals surface area contributed by atoms with E-state index in [9.17, 15) is 0 Å². The molecule has 0 heterocycles. The van der Waals surface area contributed by atoms with Crippen LogP contribution in [0.25, 0.3) is 0 Å². The largest absolute Gasteiger partial charge is 0.454 e. The molecule has 0 saturated carbocycles. The third-order valence-electron chi connectivity index (χ3n) is 2.87. The molecule has 2 aromatic carbocycles. The molecule has 0 spiro atoms. The average Bonchev–Trinajstić information content (AvgIpc) is 2.26. The lowest BCUT2D eigenvalue weighted by Gasteiger charge is -2.15. The zero-order chi connectivity index (χ0) is 13.3. The molecule has 0 fully saturated rings. The third-order valence-corrected chi connectivity index (χ3v) is 3.09. The van der Waals surface area contributed by atoms with Crippen molar-refractivity contribution in [3.8, 4) is 11.5 Å². The van der Waals surface area contributed by atoms with Crippen molar-refractivity contribution < 1.29 is 4.74 Å². The number of para-hydroxylation sites is 1. The molecule has 2 N–H and O–H groups in total. The van der Waals surface area contributed by atoms with E-state index in [2.05, 4.69) is 0 Å². The summed E-state index contributed by atoms with van der Waals surface area (Å²) in [6, 6.07) is 9.50. The predicted molar refractivity (Wildman–Crippen MR) is 76.6 cm³/mol. The van der Waals surface area contributed by atoms with Crippen LogP contribution in [0.2, 0.25) is 5.02 Å². The highest BCUT2D eigenvalue weighted by Gasteiger charge is 2.10. The molecule has 0 radical (unpaired) electrons. The predicted octanol–water partition coefficient (Wildman–Crippen LogP) is 4.64. The molecule has 2 rings (SSSR count). The SMILES string of the molecule is Cc1cc(Cl)cc(C)c1Oc1c(C)cccc1N. The number of halogens is 1. The smallest absolute Gasteiger partial charge is 0.153 e. The minimum Gasteiger partial charge on any atom is -0.454 e. The molecule has 0 saturated heterocycles. The van der Waals surface area contributed by atoms with Crippen molar-refractivity contribution >= 4 is 17.3 Å². The minimum absolute atomic E-state index is 0.642. The highest BCUT2D eigenvalue weighted by molar-refractivity contribution is 6.30. The van der Waals surface area contributed by atoms with E-state index in [-0.39, 0.29) is 0 Å². The number of nitrogens with two attached hydrogens (primary N) is 1. The molecular formula is C15H16ClNO. The van der Waals surface area contributed by atoms with Crippen LogP contribution in [0, 0.1) is 20.8 Å². The number of benzene rings is 2. The van der Waals surface area contributed by atoms with E-state index in [0.717, 1.165) is 27.5 Å². The molecule has 0 bridgehead atoms. The molecular weight excluding hydrogens is 246 g/mol. The highest BCUT2D eigenvalue weighted by atomic mass is 35.5. The summed E-state index contributed by atoms with van der Waals surface area (Å²) in [4.78, 5) is 0. The van der Waals surface area contributed by atoms with Gasteiger partial charge in [0.1, 0.15) is 5.75 Å². The van der Waals surface area contributed by atoms with Crippen molar-refractivity contribution in [2.75, 3.05) is 5.73 Å². The first kappa shape index (κ1) is 12.8. The molecule has 18 heavy (non-hydrogen) atoms. The van der Waals surface area contributed by atoms with Gasteiger partial charge in [-0.05, 0) is 55.7 Å².